The highest BCUT2D eigenvalue weighted by Crippen LogP contribution is 2.24. The van der Waals surface area contributed by atoms with Crippen molar-refractivity contribution in [2.75, 3.05) is 6.54 Å². The molecule has 0 saturated heterocycles. The number of hydrogen-bond acceptors (Lipinski definition) is 1. The predicted molar refractivity (Wildman–Crippen MR) is 63.3 cm³/mol. The Labute approximate surface area is 104 Å². The average molecular weight is 263 g/mol. The van der Waals surface area contributed by atoms with Gasteiger partial charge in [-0.2, -0.15) is 8.78 Å². The van der Waals surface area contributed by atoms with Gasteiger partial charge in [-0.15, -0.1) is 0 Å². The standard InChI is InChI=1S/C13H17F4N/c1-8-4-5-9(2)11(6-8)10(3)18-7-13(16,17)12(14)15/h4-6,10,12,18H,7H2,1-3H3. The van der Waals surface area contributed by atoms with Crippen LogP contribution in [0.25, 0.3) is 0 Å². The number of alkyl halides is 4. The van der Waals surface area contributed by atoms with Crippen molar-refractivity contribution in [3.05, 3.63) is 34.9 Å². The zero-order valence-electron chi connectivity index (χ0n) is 10.6. The molecule has 0 heterocycles. The molecule has 1 rings (SSSR count). The molecule has 0 saturated carbocycles. The summed E-state index contributed by atoms with van der Waals surface area (Å²) in [6.45, 7) is 4.41. The van der Waals surface area contributed by atoms with Crippen molar-refractivity contribution < 1.29 is 17.6 Å². The Morgan fingerprint density at radius 2 is 1.83 bits per heavy atom. The van der Waals surface area contributed by atoms with Gasteiger partial charge in [0.25, 0.3) is 0 Å². The first-order valence-corrected chi connectivity index (χ1v) is 5.70. The molecule has 1 atom stereocenters. The molecule has 0 bridgehead atoms. The average Bonchev–Trinajstić information content (AvgIpc) is 2.29. The summed E-state index contributed by atoms with van der Waals surface area (Å²) in [6, 6.07) is 5.27. The second-order valence-corrected chi connectivity index (χ2v) is 4.52. The van der Waals surface area contributed by atoms with Crippen molar-refractivity contribution in [2.24, 2.45) is 0 Å². The smallest absolute Gasteiger partial charge is 0.304 e. The lowest BCUT2D eigenvalue weighted by atomic mass is 10.00. The van der Waals surface area contributed by atoms with E-state index in [1.807, 2.05) is 32.0 Å². The summed E-state index contributed by atoms with van der Waals surface area (Å²) < 4.78 is 49.6. The van der Waals surface area contributed by atoms with Crippen LogP contribution in [0.5, 0.6) is 0 Å². The van der Waals surface area contributed by atoms with E-state index in [9.17, 15) is 17.6 Å². The Hall–Kier alpha value is -1.10. The first kappa shape index (κ1) is 15.0. The van der Waals surface area contributed by atoms with Crippen LogP contribution in [0.15, 0.2) is 18.2 Å². The lowest BCUT2D eigenvalue weighted by Gasteiger charge is -2.21. The first-order valence-electron chi connectivity index (χ1n) is 5.70. The number of nitrogens with one attached hydrogen (secondary N) is 1. The summed E-state index contributed by atoms with van der Waals surface area (Å²) in [4.78, 5) is 0. The highest BCUT2D eigenvalue weighted by molar-refractivity contribution is 5.32. The van der Waals surface area contributed by atoms with E-state index in [-0.39, 0.29) is 0 Å². The van der Waals surface area contributed by atoms with E-state index in [4.69, 9.17) is 0 Å². The van der Waals surface area contributed by atoms with E-state index in [0.717, 1.165) is 16.7 Å². The molecule has 0 fully saturated rings. The van der Waals surface area contributed by atoms with Crippen LogP contribution in [0.1, 0.15) is 29.7 Å². The van der Waals surface area contributed by atoms with Gasteiger partial charge in [-0.05, 0) is 31.9 Å². The third kappa shape index (κ3) is 3.70. The van der Waals surface area contributed by atoms with Crippen molar-refractivity contribution in [3.8, 4) is 0 Å². The molecule has 5 heteroatoms. The quantitative estimate of drug-likeness (QED) is 0.795. The molecule has 1 nitrogen and oxygen atoms in total. The minimum absolute atomic E-state index is 0.394. The molecule has 0 aliphatic carbocycles. The lowest BCUT2D eigenvalue weighted by Crippen LogP contribution is -2.39. The molecule has 0 radical (unpaired) electrons. The van der Waals surface area contributed by atoms with Crippen LogP contribution in [0.4, 0.5) is 17.6 Å². The summed E-state index contributed by atoms with van der Waals surface area (Å²) >= 11 is 0. The molecule has 1 aromatic rings. The SMILES string of the molecule is Cc1ccc(C)c(C(C)NCC(F)(F)C(F)F)c1. The summed E-state index contributed by atoms with van der Waals surface area (Å²) in [5.74, 6) is -3.99. The van der Waals surface area contributed by atoms with Gasteiger partial charge in [-0.25, -0.2) is 8.78 Å². The van der Waals surface area contributed by atoms with Crippen molar-refractivity contribution in [1.82, 2.24) is 5.32 Å². The van der Waals surface area contributed by atoms with Gasteiger partial charge < -0.3 is 5.32 Å². The molecule has 0 spiro atoms. The van der Waals surface area contributed by atoms with Gasteiger partial charge in [0.2, 0.25) is 0 Å². The van der Waals surface area contributed by atoms with E-state index < -0.39 is 24.9 Å². The maximum absolute atomic E-state index is 12.8. The van der Waals surface area contributed by atoms with Crippen LogP contribution < -0.4 is 5.32 Å². The Bertz CT molecular complexity index is 404. The monoisotopic (exact) mass is 263 g/mol. The maximum Gasteiger partial charge on any atom is 0.319 e. The number of benzene rings is 1. The van der Waals surface area contributed by atoms with Crippen LogP contribution >= 0.6 is 0 Å². The fourth-order valence-electron chi connectivity index (χ4n) is 1.70. The molecule has 1 aromatic carbocycles. The second-order valence-electron chi connectivity index (χ2n) is 4.52. The van der Waals surface area contributed by atoms with E-state index >= 15 is 0 Å². The van der Waals surface area contributed by atoms with Crippen molar-refractivity contribution in [3.63, 3.8) is 0 Å². The minimum atomic E-state index is -3.99. The van der Waals surface area contributed by atoms with E-state index in [2.05, 4.69) is 5.32 Å². The molecule has 0 amide bonds. The lowest BCUT2D eigenvalue weighted by molar-refractivity contribution is -0.126. The fraction of sp³-hybridized carbons (Fsp3) is 0.538. The molecule has 102 valence electrons. The summed E-state index contributed by atoms with van der Waals surface area (Å²) in [6.07, 6.45) is -3.64. The maximum atomic E-state index is 12.8. The van der Waals surface area contributed by atoms with Crippen molar-refractivity contribution in [1.29, 1.82) is 0 Å². The number of halogens is 4. The van der Waals surface area contributed by atoms with Gasteiger partial charge in [-0.3, -0.25) is 0 Å². The molecule has 0 aromatic heterocycles. The number of rotatable bonds is 5. The predicted octanol–water partition coefficient (Wildman–Crippen LogP) is 3.85. The second kappa shape index (κ2) is 5.69. The Balaban J connectivity index is 2.71. The van der Waals surface area contributed by atoms with Gasteiger partial charge in [0.1, 0.15) is 0 Å². The minimum Gasteiger partial charge on any atom is -0.304 e. The van der Waals surface area contributed by atoms with Crippen LogP contribution in [-0.4, -0.2) is 18.9 Å². The first-order chi connectivity index (χ1) is 8.24. The van der Waals surface area contributed by atoms with Crippen LogP contribution in [-0.2, 0) is 0 Å². The van der Waals surface area contributed by atoms with Crippen LogP contribution in [0.2, 0.25) is 0 Å². The molecular formula is C13H17F4N. The molecule has 1 N–H and O–H groups in total. The number of hydrogen-bond donors (Lipinski definition) is 1. The molecule has 0 aliphatic rings. The third-order valence-electron chi connectivity index (χ3n) is 2.86. The van der Waals surface area contributed by atoms with Gasteiger partial charge in [0.05, 0.1) is 6.54 Å². The zero-order chi connectivity index (χ0) is 13.9. The van der Waals surface area contributed by atoms with Gasteiger partial charge in [0.15, 0.2) is 0 Å². The van der Waals surface area contributed by atoms with Gasteiger partial charge in [-0.1, -0.05) is 23.8 Å². The van der Waals surface area contributed by atoms with Gasteiger partial charge >= 0.3 is 12.3 Å². The molecule has 0 aliphatic heterocycles. The highest BCUT2D eigenvalue weighted by Gasteiger charge is 2.40. The molecular weight excluding hydrogens is 246 g/mol. The van der Waals surface area contributed by atoms with Crippen molar-refractivity contribution >= 4 is 0 Å². The topological polar surface area (TPSA) is 12.0 Å². The highest BCUT2D eigenvalue weighted by atomic mass is 19.3. The van der Waals surface area contributed by atoms with E-state index in [1.54, 1.807) is 6.92 Å². The van der Waals surface area contributed by atoms with Crippen LogP contribution in [0, 0.1) is 13.8 Å². The summed E-state index contributed by atoms with van der Waals surface area (Å²) in [7, 11) is 0. The van der Waals surface area contributed by atoms with Crippen LogP contribution in [0.3, 0.4) is 0 Å². The van der Waals surface area contributed by atoms with E-state index in [0.29, 0.717) is 0 Å². The number of aryl methyl sites for hydroxylation is 2. The third-order valence-corrected chi connectivity index (χ3v) is 2.86. The Kier molecular flexibility index (Phi) is 4.73. The fourth-order valence-corrected chi connectivity index (χ4v) is 1.70. The zero-order valence-corrected chi connectivity index (χ0v) is 10.6. The van der Waals surface area contributed by atoms with E-state index in [1.165, 1.54) is 0 Å². The Morgan fingerprint density at radius 1 is 1.22 bits per heavy atom. The molecule has 1 unspecified atom stereocenters. The van der Waals surface area contributed by atoms with Gasteiger partial charge in [0, 0.05) is 6.04 Å². The largest absolute Gasteiger partial charge is 0.319 e. The summed E-state index contributed by atoms with van der Waals surface area (Å²) in [5.41, 5.74) is 2.80. The molecule has 18 heavy (non-hydrogen) atoms. The Morgan fingerprint density at radius 3 is 2.39 bits per heavy atom. The normalized spacial score (nSPS) is 14.0. The summed E-state index contributed by atoms with van der Waals surface area (Å²) in [5, 5.41) is 2.46. The van der Waals surface area contributed by atoms with Crippen molar-refractivity contribution in [2.45, 2.75) is 39.2 Å².